The molecule has 3 aromatic rings. The van der Waals surface area contributed by atoms with Crippen LogP contribution < -0.4 is 11.2 Å². The van der Waals surface area contributed by atoms with Crippen molar-refractivity contribution in [2.45, 2.75) is 40.5 Å². The van der Waals surface area contributed by atoms with Gasteiger partial charge in [0.1, 0.15) is 5.69 Å². The number of esters is 1. The third kappa shape index (κ3) is 3.91. The highest BCUT2D eigenvalue weighted by Crippen LogP contribution is 2.25. The van der Waals surface area contributed by atoms with Gasteiger partial charge in [-0.1, -0.05) is 37.6 Å². The number of benzene rings is 1. The first-order chi connectivity index (χ1) is 15.1. The summed E-state index contributed by atoms with van der Waals surface area (Å²) in [5, 5.41) is 0. The molecule has 1 aromatic carbocycles. The van der Waals surface area contributed by atoms with Gasteiger partial charge < -0.3 is 4.74 Å². The molecular weight excluding hydrogens is 410 g/mol. The second-order valence-corrected chi connectivity index (χ2v) is 7.94. The summed E-state index contributed by atoms with van der Waals surface area (Å²) in [6.07, 6.45) is 1.41. The largest absolute Gasteiger partial charge is 0.465 e. The molecule has 0 unspecified atom stereocenters. The van der Waals surface area contributed by atoms with Crippen LogP contribution in [-0.2, 0) is 4.74 Å². The monoisotopic (exact) mass is 435 g/mol. The Hall–Kier alpha value is -3.81. The Labute approximate surface area is 184 Å². The van der Waals surface area contributed by atoms with E-state index in [1.165, 1.54) is 19.4 Å². The topological polar surface area (TPSA) is 111 Å². The normalized spacial score (nSPS) is 11.0. The van der Waals surface area contributed by atoms with Crippen LogP contribution in [0.3, 0.4) is 0 Å². The number of hydrogen-bond donors (Lipinski definition) is 1. The van der Waals surface area contributed by atoms with Gasteiger partial charge in [-0.25, -0.2) is 9.59 Å². The lowest BCUT2D eigenvalue weighted by Crippen LogP contribution is -2.38. The zero-order valence-corrected chi connectivity index (χ0v) is 18.9. The van der Waals surface area contributed by atoms with Crippen LogP contribution >= 0.6 is 0 Å². The number of H-pyrrole nitrogens is 1. The molecule has 0 saturated carbocycles. The van der Waals surface area contributed by atoms with Crippen molar-refractivity contribution in [3.8, 4) is 5.69 Å². The number of aromatic nitrogens is 3. The number of hydrogen-bond acceptors (Lipinski definition) is 6. The molecule has 0 aliphatic heterocycles. The number of nitrogens with zero attached hydrogens (tertiary/aromatic N) is 2. The van der Waals surface area contributed by atoms with Crippen LogP contribution in [0.2, 0.25) is 0 Å². The first-order valence-corrected chi connectivity index (χ1v) is 10.1. The molecule has 2 aromatic heterocycles. The van der Waals surface area contributed by atoms with Crippen LogP contribution in [0.1, 0.15) is 68.6 Å². The SMILES string of the molecule is COC(=O)c1ccnc(C)c1-n1c(C(=O)c2ccc(C)cc2C)c(C(C)C)c(=O)[nH]c1=O. The number of carbonyl (C=O) groups excluding carboxylic acids is 2. The highest BCUT2D eigenvalue weighted by atomic mass is 16.5. The van der Waals surface area contributed by atoms with Crippen LogP contribution in [0.25, 0.3) is 5.69 Å². The van der Waals surface area contributed by atoms with Crippen molar-refractivity contribution in [3.63, 3.8) is 0 Å². The molecule has 0 atom stereocenters. The zero-order valence-electron chi connectivity index (χ0n) is 18.9. The second kappa shape index (κ2) is 8.74. The predicted octanol–water partition coefficient (Wildman–Crippen LogP) is 2.99. The third-order valence-electron chi connectivity index (χ3n) is 5.30. The maximum atomic E-state index is 13.8. The molecule has 8 nitrogen and oxygen atoms in total. The molecule has 166 valence electrons. The molecule has 3 rings (SSSR count). The molecule has 0 aliphatic carbocycles. The highest BCUT2D eigenvalue weighted by Gasteiger charge is 2.29. The van der Waals surface area contributed by atoms with E-state index >= 15 is 0 Å². The summed E-state index contributed by atoms with van der Waals surface area (Å²) in [5.41, 5.74) is 1.08. The molecule has 1 N–H and O–H groups in total. The molecule has 0 fully saturated rings. The average molecular weight is 435 g/mol. The minimum atomic E-state index is -0.839. The number of rotatable bonds is 5. The van der Waals surface area contributed by atoms with E-state index in [1.54, 1.807) is 39.8 Å². The minimum Gasteiger partial charge on any atom is -0.465 e. The molecule has 32 heavy (non-hydrogen) atoms. The van der Waals surface area contributed by atoms with E-state index in [0.29, 0.717) is 16.8 Å². The second-order valence-electron chi connectivity index (χ2n) is 7.94. The highest BCUT2D eigenvalue weighted by molar-refractivity contribution is 6.10. The maximum Gasteiger partial charge on any atom is 0.340 e. The molecule has 0 saturated heterocycles. The van der Waals surface area contributed by atoms with Crippen LogP contribution in [0.5, 0.6) is 0 Å². The van der Waals surface area contributed by atoms with Crippen molar-refractivity contribution in [2.24, 2.45) is 0 Å². The standard InChI is InChI=1S/C24H25N3O5/c1-12(2)18-20(21(28)16-8-7-13(3)11-14(16)4)27(24(31)26-22(18)29)19-15(5)25-10-9-17(19)23(30)32-6/h7-12H,1-6H3,(H,26,29,31). The number of aryl methyl sites for hydroxylation is 3. The quantitative estimate of drug-likeness (QED) is 0.487. The molecule has 2 heterocycles. The van der Waals surface area contributed by atoms with E-state index in [9.17, 15) is 19.2 Å². The van der Waals surface area contributed by atoms with Crippen molar-refractivity contribution in [2.75, 3.05) is 7.11 Å². The number of pyridine rings is 1. The lowest BCUT2D eigenvalue weighted by Gasteiger charge is -2.20. The summed E-state index contributed by atoms with van der Waals surface area (Å²) >= 11 is 0. The van der Waals surface area contributed by atoms with Gasteiger partial charge in [0.25, 0.3) is 5.56 Å². The number of ether oxygens (including phenoxy) is 1. The summed E-state index contributed by atoms with van der Waals surface area (Å²) in [6.45, 7) is 8.83. The van der Waals surface area contributed by atoms with E-state index in [4.69, 9.17) is 4.74 Å². The number of aromatic amines is 1. The van der Waals surface area contributed by atoms with Gasteiger partial charge in [0.05, 0.1) is 24.1 Å². The van der Waals surface area contributed by atoms with E-state index in [1.807, 2.05) is 13.0 Å². The van der Waals surface area contributed by atoms with E-state index in [-0.39, 0.29) is 28.4 Å². The number of methoxy groups -OCH3 is 1. The number of ketones is 1. The summed E-state index contributed by atoms with van der Waals surface area (Å²) in [4.78, 5) is 58.7. The van der Waals surface area contributed by atoms with Crippen LogP contribution in [0.15, 0.2) is 40.1 Å². The summed E-state index contributed by atoms with van der Waals surface area (Å²) < 4.78 is 5.95. The van der Waals surface area contributed by atoms with Gasteiger partial charge in [0.15, 0.2) is 0 Å². The lowest BCUT2D eigenvalue weighted by molar-refractivity contribution is 0.0600. The Morgan fingerprint density at radius 3 is 2.34 bits per heavy atom. The van der Waals surface area contributed by atoms with Crippen molar-refractivity contribution in [1.82, 2.24) is 14.5 Å². The summed E-state index contributed by atoms with van der Waals surface area (Å²) in [5.74, 6) is -1.57. The lowest BCUT2D eigenvalue weighted by atomic mass is 9.94. The fourth-order valence-electron chi connectivity index (χ4n) is 3.83. The molecular formula is C24H25N3O5. The molecule has 0 amide bonds. The van der Waals surface area contributed by atoms with Crippen molar-refractivity contribution >= 4 is 11.8 Å². The summed E-state index contributed by atoms with van der Waals surface area (Å²) in [6, 6.07) is 6.73. The van der Waals surface area contributed by atoms with Gasteiger partial charge in [-0.05, 0) is 38.3 Å². The Morgan fingerprint density at radius 1 is 1.06 bits per heavy atom. The van der Waals surface area contributed by atoms with E-state index in [2.05, 4.69) is 9.97 Å². The number of carbonyl (C=O) groups is 2. The Bertz CT molecular complexity index is 1350. The van der Waals surface area contributed by atoms with Gasteiger partial charge in [0, 0.05) is 17.3 Å². The molecule has 0 aliphatic rings. The Balaban J connectivity index is 2.52. The summed E-state index contributed by atoms with van der Waals surface area (Å²) in [7, 11) is 1.22. The van der Waals surface area contributed by atoms with Gasteiger partial charge in [-0.3, -0.25) is 24.1 Å². The van der Waals surface area contributed by atoms with Gasteiger partial charge in [0.2, 0.25) is 5.78 Å². The molecule has 0 radical (unpaired) electrons. The van der Waals surface area contributed by atoms with Gasteiger partial charge in [-0.2, -0.15) is 0 Å². The predicted molar refractivity (Wildman–Crippen MR) is 120 cm³/mol. The maximum absolute atomic E-state index is 13.8. The van der Waals surface area contributed by atoms with Crippen LogP contribution in [0.4, 0.5) is 0 Å². The average Bonchev–Trinajstić information content (AvgIpc) is 2.72. The van der Waals surface area contributed by atoms with Gasteiger partial charge >= 0.3 is 11.7 Å². The van der Waals surface area contributed by atoms with Crippen molar-refractivity contribution < 1.29 is 14.3 Å². The van der Waals surface area contributed by atoms with E-state index < -0.39 is 23.0 Å². The first kappa shape index (κ1) is 22.9. The fourth-order valence-corrected chi connectivity index (χ4v) is 3.83. The first-order valence-electron chi connectivity index (χ1n) is 10.1. The van der Waals surface area contributed by atoms with Crippen molar-refractivity contribution in [3.05, 3.63) is 90.5 Å². The number of nitrogens with one attached hydrogen (secondary N) is 1. The Kier molecular flexibility index (Phi) is 6.25. The molecule has 8 heteroatoms. The van der Waals surface area contributed by atoms with E-state index in [0.717, 1.165) is 10.1 Å². The smallest absolute Gasteiger partial charge is 0.340 e. The third-order valence-corrected chi connectivity index (χ3v) is 5.30. The Morgan fingerprint density at radius 2 is 1.75 bits per heavy atom. The van der Waals surface area contributed by atoms with Crippen LogP contribution in [-0.4, -0.2) is 33.4 Å². The zero-order chi connectivity index (χ0) is 23.7. The van der Waals surface area contributed by atoms with Crippen molar-refractivity contribution in [1.29, 1.82) is 0 Å². The van der Waals surface area contributed by atoms with Gasteiger partial charge in [-0.15, -0.1) is 0 Å². The molecule has 0 bridgehead atoms. The fraction of sp³-hybridized carbons (Fsp3) is 0.292. The molecule has 0 spiro atoms. The minimum absolute atomic E-state index is 0.0542. The van der Waals surface area contributed by atoms with Crippen LogP contribution in [0, 0.1) is 20.8 Å².